The first kappa shape index (κ1) is 13.4. The van der Waals surface area contributed by atoms with Gasteiger partial charge in [0.1, 0.15) is 0 Å². The maximum absolute atomic E-state index is 12.5. The number of carbonyl (C=O) groups excluding carboxylic acids is 1. The molecule has 0 N–H and O–H groups in total. The maximum atomic E-state index is 12.5. The van der Waals surface area contributed by atoms with E-state index >= 15 is 0 Å². The van der Waals surface area contributed by atoms with Gasteiger partial charge >= 0.3 is 0 Å². The molecule has 98 valence electrons. The summed E-state index contributed by atoms with van der Waals surface area (Å²) in [5.74, 6) is -0.513. The summed E-state index contributed by atoms with van der Waals surface area (Å²) in [6, 6.07) is 10.4. The van der Waals surface area contributed by atoms with Crippen LogP contribution in [0.1, 0.15) is 15.9 Å². The summed E-state index contributed by atoms with van der Waals surface area (Å²) < 4.78 is 16.3. The van der Waals surface area contributed by atoms with Crippen molar-refractivity contribution in [2.45, 2.75) is 11.8 Å². The lowest BCUT2D eigenvalue weighted by Gasteiger charge is -2.04. The molecule has 2 aromatic rings. The van der Waals surface area contributed by atoms with Crippen LogP contribution < -0.4 is 0 Å². The van der Waals surface area contributed by atoms with Gasteiger partial charge in [0.05, 0.1) is 15.3 Å². The van der Waals surface area contributed by atoms with Gasteiger partial charge in [-0.2, -0.15) is 4.36 Å². The third-order valence-corrected chi connectivity index (χ3v) is 4.28. The van der Waals surface area contributed by atoms with Crippen LogP contribution in [-0.2, 0) is 9.73 Å². The summed E-state index contributed by atoms with van der Waals surface area (Å²) in [5, 5.41) is 0. The van der Waals surface area contributed by atoms with Gasteiger partial charge in [0.15, 0.2) is 0 Å². The van der Waals surface area contributed by atoms with E-state index in [1.165, 1.54) is 12.5 Å². The summed E-state index contributed by atoms with van der Waals surface area (Å²) in [4.78, 5) is 16.3. The van der Waals surface area contributed by atoms with Crippen LogP contribution in [0.4, 0.5) is 0 Å². The molecule has 1 amide bonds. The summed E-state index contributed by atoms with van der Waals surface area (Å²) >= 11 is 0. The Kier molecular flexibility index (Phi) is 3.76. The van der Waals surface area contributed by atoms with Crippen LogP contribution in [0.25, 0.3) is 0 Å². The van der Waals surface area contributed by atoms with E-state index in [4.69, 9.17) is 0 Å². The second-order valence-corrected chi connectivity index (χ2v) is 6.51. The van der Waals surface area contributed by atoms with E-state index in [1.54, 1.807) is 30.5 Å². The number of hydrogen-bond donors (Lipinski definition) is 0. The van der Waals surface area contributed by atoms with Crippen molar-refractivity contribution in [2.24, 2.45) is 4.36 Å². The normalized spacial score (nSPS) is 13.6. The van der Waals surface area contributed by atoms with Crippen LogP contribution in [0, 0.1) is 6.92 Å². The smallest absolute Gasteiger partial charge is 0.266 e. The Hall–Kier alpha value is -2.01. The van der Waals surface area contributed by atoms with E-state index in [0.29, 0.717) is 10.5 Å². The largest absolute Gasteiger partial charge is 0.286 e. The lowest BCUT2D eigenvalue weighted by molar-refractivity contribution is 0.100. The summed E-state index contributed by atoms with van der Waals surface area (Å²) in [6.45, 7) is 1.94. The topological polar surface area (TPSA) is 59.4 Å². The van der Waals surface area contributed by atoms with Crippen LogP contribution in [0.2, 0.25) is 0 Å². The van der Waals surface area contributed by atoms with Gasteiger partial charge < -0.3 is 0 Å². The number of rotatable bonds is 2. The SMILES string of the molecule is Cc1ccc(S(C)(=O)=NC(=O)c2cccnc2)cc1. The third-order valence-electron chi connectivity index (χ3n) is 2.62. The Balaban J connectivity index is 2.39. The van der Waals surface area contributed by atoms with Crippen molar-refractivity contribution in [1.29, 1.82) is 0 Å². The molecule has 1 unspecified atom stereocenters. The molecule has 1 aromatic heterocycles. The molecule has 5 heteroatoms. The van der Waals surface area contributed by atoms with Crippen LogP contribution >= 0.6 is 0 Å². The van der Waals surface area contributed by atoms with Gasteiger partial charge in [-0.15, -0.1) is 0 Å². The fourth-order valence-corrected chi connectivity index (χ4v) is 2.71. The first-order chi connectivity index (χ1) is 8.99. The molecule has 19 heavy (non-hydrogen) atoms. The van der Waals surface area contributed by atoms with E-state index in [9.17, 15) is 9.00 Å². The molecule has 4 nitrogen and oxygen atoms in total. The van der Waals surface area contributed by atoms with Gasteiger partial charge in [-0.1, -0.05) is 17.7 Å². The molecule has 0 aliphatic heterocycles. The fourth-order valence-electron chi connectivity index (χ4n) is 1.54. The number of amides is 1. The molecule has 0 saturated carbocycles. The Morgan fingerprint density at radius 3 is 2.47 bits per heavy atom. The van der Waals surface area contributed by atoms with Crippen LogP contribution in [0.15, 0.2) is 58.1 Å². The zero-order valence-corrected chi connectivity index (χ0v) is 11.6. The highest BCUT2D eigenvalue weighted by atomic mass is 32.2. The number of aromatic nitrogens is 1. The monoisotopic (exact) mass is 274 g/mol. The van der Waals surface area contributed by atoms with Crippen molar-refractivity contribution in [3.8, 4) is 0 Å². The van der Waals surface area contributed by atoms with E-state index in [1.807, 2.05) is 19.1 Å². The Morgan fingerprint density at radius 2 is 1.89 bits per heavy atom. The van der Waals surface area contributed by atoms with Gasteiger partial charge in [-0.3, -0.25) is 9.78 Å². The molecule has 0 aliphatic carbocycles. The summed E-state index contributed by atoms with van der Waals surface area (Å²) in [5.41, 5.74) is 1.40. The van der Waals surface area contributed by atoms with Gasteiger partial charge in [0.2, 0.25) is 0 Å². The Labute approximate surface area is 112 Å². The highest BCUT2D eigenvalue weighted by Crippen LogP contribution is 2.14. The predicted octanol–water partition coefficient (Wildman–Crippen LogP) is 2.69. The highest BCUT2D eigenvalue weighted by Gasteiger charge is 2.10. The molecule has 0 fully saturated rings. The molecular weight excluding hydrogens is 260 g/mol. The fraction of sp³-hybridized carbons (Fsp3) is 0.143. The highest BCUT2D eigenvalue weighted by molar-refractivity contribution is 7.93. The quantitative estimate of drug-likeness (QED) is 0.846. The standard InChI is InChI=1S/C14H14N2O2S/c1-11-5-7-13(8-6-11)19(2,18)16-14(17)12-4-3-9-15-10-12/h3-10H,1-2H3. The average Bonchev–Trinajstić information content (AvgIpc) is 2.40. The Bertz CT molecular complexity index is 700. The first-order valence-electron chi connectivity index (χ1n) is 5.72. The molecule has 1 heterocycles. The third kappa shape index (κ3) is 3.26. The van der Waals surface area contributed by atoms with Crippen molar-refractivity contribution >= 4 is 15.6 Å². The second-order valence-electron chi connectivity index (χ2n) is 4.25. The van der Waals surface area contributed by atoms with E-state index in [0.717, 1.165) is 5.56 Å². The first-order valence-corrected chi connectivity index (χ1v) is 7.64. The average molecular weight is 274 g/mol. The van der Waals surface area contributed by atoms with Gasteiger partial charge in [-0.25, -0.2) is 4.21 Å². The van der Waals surface area contributed by atoms with Crippen molar-refractivity contribution in [2.75, 3.05) is 6.26 Å². The van der Waals surface area contributed by atoms with Gasteiger partial charge in [0.25, 0.3) is 5.91 Å². The number of aryl methyl sites for hydroxylation is 1. The lowest BCUT2D eigenvalue weighted by atomic mass is 10.2. The van der Waals surface area contributed by atoms with Crippen molar-refractivity contribution in [3.05, 3.63) is 59.9 Å². The van der Waals surface area contributed by atoms with E-state index in [2.05, 4.69) is 9.35 Å². The molecule has 0 aliphatic rings. The number of benzene rings is 1. The number of pyridine rings is 1. The van der Waals surface area contributed by atoms with E-state index < -0.39 is 15.6 Å². The van der Waals surface area contributed by atoms with Gasteiger partial charge in [0, 0.05) is 23.5 Å². The van der Waals surface area contributed by atoms with Crippen molar-refractivity contribution in [3.63, 3.8) is 0 Å². The maximum Gasteiger partial charge on any atom is 0.286 e. The minimum atomic E-state index is -2.73. The van der Waals surface area contributed by atoms with Crippen molar-refractivity contribution < 1.29 is 9.00 Å². The minimum absolute atomic E-state index is 0.337. The zero-order chi connectivity index (χ0) is 13.9. The lowest BCUT2D eigenvalue weighted by Crippen LogP contribution is -2.04. The molecule has 2 rings (SSSR count). The number of hydrogen-bond acceptors (Lipinski definition) is 3. The number of nitrogens with zero attached hydrogens (tertiary/aromatic N) is 2. The molecule has 1 atom stereocenters. The van der Waals surface area contributed by atoms with Gasteiger partial charge in [-0.05, 0) is 31.2 Å². The molecule has 0 bridgehead atoms. The summed E-state index contributed by atoms with van der Waals surface area (Å²) in [7, 11) is -2.73. The van der Waals surface area contributed by atoms with E-state index in [-0.39, 0.29) is 0 Å². The minimum Gasteiger partial charge on any atom is -0.266 e. The predicted molar refractivity (Wildman–Crippen MR) is 74.5 cm³/mol. The van der Waals surface area contributed by atoms with Crippen molar-refractivity contribution in [1.82, 2.24) is 4.98 Å². The zero-order valence-electron chi connectivity index (χ0n) is 10.7. The molecule has 0 spiro atoms. The second kappa shape index (κ2) is 5.32. The molecule has 1 aromatic carbocycles. The summed E-state index contributed by atoms with van der Waals surface area (Å²) in [6.07, 6.45) is 4.45. The molecule has 0 saturated heterocycles. The molecule has 0 radical (unpaired) electrons. The number of carbonyl (C=O) groups is 1. The van der Waals surface area contributed by atoms with Crippen LogP contribution in [0.3, 0.4) is 0 Å². The van der Waals surface area contributed by atoms with Crippen LogP contribution in [0.5, 0.6) is 0 Å². The Morgan fingerprint density at radius 1 is 1.21 bits per heavy atom. The van der Waals surface area contributed by atoms with Crippen LogP contribution in [-0.4, -0.2) is 21.4 Å². The molecular formula is C14H14N2O2S.